The summed E-state index contributed by atoms with van der Waals surface area (Å²) < 4.78 is 1.33. The van der Waals surface area contributed by atoms with Crippen molar-refractivity contribution in [1.29, 1.82) is 0 Å². The number of hydrogen-bond acceptors (Lipinski definition) is 3. The first kappa shape index (κ1) is 43.5. The van der Waals surface area contributed by atoms with Crippen molar-refractivity contribution >= 4 is 90.1 Å². The Morgan fingerprint density at radius 2 is 1.19 bits per heavy atom. The maximum absolute atomic E-state index is 2.70. The van der Waals surface area contributed by atoms with Crippen molar-refractivity contribution in [1.82, 2.24) is 0 Å². The molecule has 67 heavy (non-hydrogen) atoms. The average molecular weight is 891 g/mol. The van der Waals surface area contributed by atoms with Crippen LogP contribution >= 0.6 is 11.3 Å². The lowest BCUT2D eigenvalue weighted by molar-refractivity contribution is 0.333. The predicted molar refractivity (Wildman–Crippen MR) is 294 cm³/mol. The zero-order valence-corrected chi connectivity index (χ0v) is 42.1. The van der Waals surface area contributed by atoms with Gasteiger partial charge in [-0.25, -0.2) is 0 Å². The predicted octanol–water partition coefficient (Wildman–Crippen LogP) is 16.1. The van der Waals surface area contributed by atoms with Gasteiger partial charge in [-0.3, -0.25) is 0 Å². The van der Waals surface area contributed by atoms with Gasteiger partial charge in [0.2, 0.25) is 0 Å². The molecular weight excluding hydrogens is 828 g/mol. The fourth-order valence-corrected chi connectivity index (χ4v) is 12.6. The highest BCUT2D eigenvalue weighted by atomic mass is 32.1. The average Bonchev–Trinajstić information content (AvgIpc) is 3.67. The highest BCUT2D eigenvalue weighted by Crippen LogP contribution is 2.55. The number of nitrogens with zero attached hydrogens (tertiary/aromatic N) is 2. The quantitative estimate of drug-likeness (QED) is 0.125. The van der Waals surface area contributed by atoms with Gasteiger partial charge in [0.25, 0.3) is 6.71 Å². The van der Waals surface area contributed by atoms with Gasteiger partial charge in [-0.05, 0) is 145 Å². The molecule has 2 aliphatic heterocycles. The largest absolute Gasteiger partial charge is 0.311 e. The van der Waals surface area contributed by atoms with Crippen molar-refractivity contribution < 1.29 is 0 Å². The minimum absolute atomic E-state index is 0.0132. The van der Waals surface area contributed by atoms with E-state index in [0.717, 1.165) is 12.8 Å². The third-order valence-corrected chi connectivity index (χ3v) is 16.4. The number of thiophene rings is 1. The Bertz CT molecular complexity index is 3270. The van der Waals surface area contributed by atoms with Gasteiger partial charge in [0.15, 0.2) is 0 Å². The second kappa shape index (κ2) is 15.5. The van der Waals surface area contributed by atoms with Crippen LogP contribution in [0.25, 0.3) is 33.4 Å². The van der Waals surface area contributed by atoms with E-state index in [9.17, 15) is 0 Å². The van der Waals surface area contributed by atoms with E-state index in [1.54, 1.807) is 0 Å². The number of anilines is 6. The fraction of sp³-hybridized carbons (Fsp3) is 0.270. The molecule has 0 N–H and O–H groups in total. The highest BCUT2D eigenvalue weighted by molar-refractivity contribution is 7.26. The van der Waals surface area contributed by atoms with Gasteiger partial charge in [-0.1, -0.05) is 190 Å². The lowest BCUT2D eigenvalue weighted by Crippen LogP contribution is -2.61. The van der Waals surface area contributed by atoms with Crippen molar-refractivity contribution in [3.63, 3.8) is 0 Å². The second-order valence-electron chi connectivity index (χ2n) is 23.0. The fourth-order valence-electron chi connectivity index (χ4n) is 11.4. The molecule has 0 radical (unpaired) electrons. The van der Waals surface area contributed by atoms with E-state index >= 15 is 0 Å². The minimum Gasteiger partial charge on any atom is -0.311 e. The molecule has 7 aromatic carbocycles. The third-order valence-electron chi connectivity index (χ3n) is 15.3. The van der Waals surface area contributed by atoms with Crippen LogP contribution in [-0.4, -0.2) is 6.71 Å². The highest BCUT2D eigenvalue weighted by Gasteiger charge is 2.49. The topological polar surface area (TPSA) is 6.48 Å². The molecule has 11 rings (SSSR count). The standard InChI is InChI=1S/C63H63BN2S/c1-40-22-33-54-48(36-40)56-59(67-54)66(51-32-27-45(61(5,6)7)39-47(51)43-20-16-13-17-21-43)53-38-42(24-23-41-18-14-12-15-19-41)37-52-57(53)64(56)50-31-30-49-55(63(10,11)35-34-62(49,8)9)58(50)65(52)46-28-25-44(26-29-46)60(2,3)4/h12-33,36-39H,34-35H2,1-11H3/b24-23-. The van der Waals surface area contributed by atoms with Crippen LogP contribution < -0.4 is 26.2 Å². The molecule has 0 saturated carbocycles. The maximum atomic E-state index is 2.70. The lowest BCUT2D eigenvalue weighted by atomic mass is 9.33. The van der Waals surface area contributed by atoms with Crippen molar-refractivity contribution in [2.45, 2.75) is 111 Å². The summed E-state index contributed by atoms with van der Waals surface area (Å²) in [5, 5.41) is 2.67. The van der Waals surface area contributed by atoms with Gasteiger partial charge in [-0.2, -0.15) is 0 Å². The first-order valence-electron chi connectivity index (χ1n) is 24.4. The van der Waals surface area contributed by atoms with E-state index in [0.29, 0.717) is 0 Å². The zero-order valence-electron chi connectivity index (χ0n) is 41.3. The smallest absolute Gasteiger partial charge is 0.254 e. The molecule has 1 aliphatic carbocycles. The van der Waals surface area contributed by atoms with Gasteiger partial charge in [0.05, 0.1) is 10.7 Å². The van der Waals surface area contributed by atoms with E-state index < -0.39 is 0 Å². The molecule has 0 saturated heterocycles. The van der Waals surface area contributed by atoms with Crippen molar-refractivity contribution in [3.05, 3.63) is 185 Å². The molecule has 334 valence electrons. The molecule has 2 nitrogen and oxygen atoms in total. The van der Waals surface area contributed by atoms with E-state index in [2.05, 4.69) is 244 Å². The molecule has 1 aromatic heterocycles. The lowest BCUT2D eigenvalue weighted by Gasteiger charge is -2.49. The van der Waals surface area contributed by atoms with Crippen LogP contribution in [0.4, 0.5) is 33.4 Å². The minimum atomic E-state index is -0.0405. The molecule has 3 heterocycles. The normalized spacial score (nSPS) is 16.0. The number of hydrogen-bond donors (Lipinski definition) is 0. The van der Waals surface area contributed by atoms with Gasteiger partial charge >= 0.3 is 0 Å². The Balaban J connectivity index is 1.30. The Labute approximate surface area is 404 Å². The summed E-state index contributed by atoms with van der Waals surface area (Å²) >= 11 is 1.95. The molecule has 0 bridgehead atoms. The summed E-state index contributed by atoms with van der Waals surface area (Å²) in [5.41, 5.74) is 22.3. The number of rotatable bonds is 5. The van der Waals surface area contributed by atoms with Crippen molar-refractivity contribution in [2.75, 3.05) is 9.80 Å². The van der Waals surface area contributed by atoms with E-state index in [-0.39, 0.29) is 28.4 Å². The Hall–Kier alpha value is -6.10. The molecule has 8 aromatic rings. The van der Waals surface area contributed by atoms with E-state index in [1.165, 1.54) is 110 Å². The molecule has 0 fully saturated rings. The van der Waals surface area contributed by atoms with Gasteiger partial charge in [-0.15, -0.1) is 11.3 Å². The Kier molecular flexibility index (Phi) is 10.0. The van der Waals surface area contributed by atoms with Gasteiger partial charge < -0.3 is 9.80 Å². The number of fused-ring (bicyclic) bond motifs is 8. The van der Waals surface area contributed by atoms with Crippen LogP contribution in [-0.2, 0) is 21.7 Å². The molecule has 4 heteroatoms. The van der Waals surface area contributed by atoms with E-state index in [1.807, 2.05) is 11.3 Å². The maximum Gasteiger partial charge on any atom is 0.254 e. The molecule has 0 atom stereocenters. The molecule has 0 unspecified atom stereocenters. The van der Waals surface area contributed by atoms with Crippen molar-refractivity contribution in [3.8, 4) is 11.1 Å². The monoisotopic (exact) mass is 890 g/mol. The third kappa shape index (κ3) is 7.21. The van der Waals surface area contributed by atoms with Gasteiger partial charge in [0.1, 0.15) is 0 Å². The molecular formula is C63H63BN2S. The molecule has 0 amide bonds. The molecule has 0 spiro atoms. The number of aryl methyl sites for hydroxylation is 1. The number of benzene rings is 7. The summed E-state index contributed by atoms with van der Waals surface area (Å²) in [4.78, 5) is 5.36. The summed E-state index contributed by atoms with van der Waals surface area (Å²) in [7, 11) is 0. The summed E-state index contributed by atoms with van der Waals surface area (Å²) in [6.07, 6.45) is 6.92. The summed E-state index contributed by atoms with van der Waals surface area (Å²) in [6.45, 7) is 26.2. The molecule has 3 aliphatic rings. The van der Waals surface area contributed by atoms with Crippen LogP contribution in [0.1, 0.15) is 121 Å². The van der Waals surface area contributed by atoms with Crippen LogP contribution in [0.5, 0.6) is 0 Å². The van der Waals surface area contributed by atoms with Gasteiger partial charge in [0, 0.05) is 33.0 Å². The zero-order chi connectivity index (χ0) is 46.8. The van der Waals surface area contributed by atoms with Crippen LogP contribution in [0.2, 0.25) is 0 Å². The Morgan fingerprint density at radius 3 is 1.88 bits per heavy atom. The van der Waals surface area contributed by atoms with Crippen LogP contribution in [0.15, 0.2) is 146 Å². The second-order valence-corrected chi connectivity index (χ2v) is 24.0. The van der Waals surface area contributed by atoms with E-state index in [4.69, 9.17) is 0 Å². The van der Waals surface area contributed by atoms with Crippen LogP contribution in [0, 0.1) is 6.92 Å². The Morgan fingerprint density at radius 1 is 0.567 bits per heavy atom. The van der Waals surface area contributed by atoms with Crippen LogP contribution in [0.3, 0.4) is 0 Å². The summed E-state index contributed by atoms with van der Waals surface area (Å²) in [5.74, 6) is 0. The summed E-state index contributed by atoms with van der Waals surface area (Å²) in [6, 6.07) is 55.9. The first-order chi connectivity index (χ1) is 31.9. The van der Waals surface area contributed by atoms with Crippen molar-refractivity contribution in [2.24, 2.45) is 0 Å². The SMILES string of the molecule is Cc1ccc2sc3c(c2c1)B1c2ccc4c(c2N(c2ccc(C(C)(C)C)cc2)c2cc(/C=C\c5ccccc5)cc(c21)N3c1ccc(C(C)(C)C)cc1-c1ccccc1)C(C)(C)CCC4(C)C. The first-order valence-corrected chi connectivity index (χ1v) is 25.2.